The van der Waals surface area contributed by atoms with Crippen molar-refractivity contribution in [3.63, 3.8) is 0 Å². The zero-order chi connectivity index (χ0) is 24.1. The van der Waals surface area contributed by atoms with Crippen molar-refractivity contribution in [2.45, 2.75) is 0 Å². The number of nitrogens with zero attached hydrogens (tertiary/aromatic N) is 1. The molecule has 0 atom stereocenters. The van der Waals surface area contributed by atoms with Gasteiger partial charge in [-0.3, -0.25) is 0 Å². The molecule has 0 radical (unpaired) electrons. The summed E-state index contributed by atoms with van der Waals surface area (Å²) >= 11 is 0. The summed E-state index contributed by atoms with van der Waals surface area (Å²) < 4.78 is 15.9. The van der Waals surface area contributed by atoms with Crippen molar-refractivity contribution in [2.24, 2.45) is 0 Å². The number of hydrogen-bond donors (Lipinski definition) is 0. The highest BCUT2D eigenvalue weighted by atomic mass is 19.1. The van der Waals surface area contributed by atoms with Crippen molar-refractivity contribution in [1.29, 1.82) is 0 Å². The van der Waals surface area contributed by atoms with Crippen molar-refractivity contribution in [3.8, 4) is 27.9 Å². The van der Waals surface area contributed by atoms with Crippen LogP contribution in [-0.4, -0.2) is 4.57 Å². The normalized spacial score (nSPS) is 11.5. The van der Waals surface area contributed by atoms with Crippen LogP contribution in [0.15, 0.2) is 133 Å². The molecule has 7 rings (SSSR count). The van der Waals surface area contributed by atoms with E-state index >= 15 is 0 Å². The van der Waals surface area contributed by atoms with Crippen LogP contribution in [-0.2, 0) is 0 Å². The molecule has 0 spiro atoms. The van der Waals surface area contributed by atoms with Gasteiger partial charge in [0, 0.05) is 16.5 Å². The Kier molecular flexibility index (Phi) is 4.71. The highest BCUT2D eigenvalue weighted by molar-refractivity contribution is 6.12. The van der Waals surface area contributed by atoms with Gasteiger partial charge in [0.05, 0.1) is 11.0 Å². The van der Waals surface area contributed by atoms with E-state index in [1.807, 2.05) is 12.1 Å². The van der Waals surface area contributed by atoms with Gasteiger partial charge >= 0.3 is 0 Å². The zero-order valence-electron chi connectivity index (χ0n) is 19.5. The third kappa shape index (κ3) is 3.23. The quantitative estimate of drug-likeness (QED) is 0.246. The van der Waals surface area contributed by atoms with Crippen LogP contribution in [0, 0.1) is 5.82 Å². The summed E-state index contributed by atoms with van der Waals surface area (Å²) in [5.41, 5.74) is 8.04. The van der Waals surface area contributed by atoms with Crippen molar-refractivity contribution < 1.29 is 4.39 Å². The van der Waals surface area contributed by atoms with Gasteiger partial charge in [0.1, 0.15) is 5.82 Å². The summed E-state index contributed by atoms with van der Waals surface area (Å²) in [5, 5.41) is 4.82. The predicted octanol–water partition coefficient (Wildman–Crippen LogP) is 9.41. The van der Waals surface area contributed by atoms with Crippen LogP contribution in [0.2, 0.25) is 0 Å². The minimum atomic E-state index is -0.220. The van der Waals surface area contributed by atoms with Crippen molar-refractivity contribution in [1.82, 2.24) is 4.57 Å². The smallest absolute Gasteiger partial charge is 0.123 e. The van der Waals surface area contributed by atoms with Gasteiger partial charge in [0.2, 0.25) is 0 Å². The fraction of sp³-hybridized carbons (Fsp3) is 0. The molecule has 0 bridgehead atoms. The Labute approximate surface area is 208 Å². The van der Waals surface area contributed by atoms with Gasteiger partial charge in [0.15, 0.2) is 0 Å². The molecule has 1 nitrogen and oxygen atoms in total. The van der Waals surface area contributed by atoms with Crippen LogP contribution in [0.1, 0.15) is 0 Å². The van der Waals surface area contributed by atoms with Crippen LogP contribution in [0.25, 0.3) is 60.5 Å². The fourth-order valence-electron chi connectivity index (χ4n) is 5.43. The van der Waals surface area contributed by atoms with E-state index in [4.69, 9.17) is 0 Å². The van der Waals surface area contributed by atoms with Crippen LogP contribution < -0.4 is 0 Å². The van der Waals surface area contributed by atoms with Gasteiger partial charge in [-0.2, -0.15) is 0 Å². The standard InChI is InChI=1S/C34H22FN/c35-25-17-14-23(15-18-25)27-19-20-28(30-11-5-4-10-29(27)30)24-16-21-34-32(22-24)31-12-6-7-13-33(31)36(34)26-8-2-1-3-9-26/h1-22H. The Hall–Kier alpha value is -4.69. The predicted molar refractivity (Wildman–Crippen MR) is 149 cm³/mol. The molecule has 0 amide bonds. The topological polar surface area (TPSA) is 4.93 Å². The summed E-state index contributed by atoms with van der Waals surface area (Å²) in [6.07, 6.45) is 0. The highest BCUT2D eigenvalue weighted by Crippen LogP contribution is 2.39. The van der Waals surface area contributed by atoms with Crippen LogP contribution in [0.5, 0.6) is 0 Å². The second kappa shape index (κ2) is 8.21. The molecule has 1 heterocycles. The monoisotopic (exact) mass is 463 g/mol. The third-order valence-electron chi connectivity index (χ3n) is 7.08. The molecule has 6 aromatic carbocycles. The molecule has 0 fully saturated rings. The lowest BCUT2D eigenvalue weighted by molar-refractivity contribution is 0.628. The summed E-state index contributed by atoms with van der Waals surface area (Å²) in [5.74, 6) is -0.220. The Balaban J connectivity index is 1.47. The Morgan fingerprint density at radius 3 is 1.69 bits per heavy atom. The van der Waals surface area contributed by atoms with Crippen LogP contribution >= 0.6 is 0 Å². The van der Waals surface area contributed by atoms with Crippen molar-refractivity contribution >= 4 is 32.6 Å². The molecule has 0 saturated carbocycles. The maximum atomic E-state index is 13.5. The first-order valence-electron chi connectivity index (χ1n) is 12.1. The lowest BCUT2D eigenvalue weighted by Gasteiger charge is -2.13. The molecular weight excluding hydrogens is 441 g/mol. The molecular formula is C34H22FN. The Morgan fingerprint density at radius 2 is 0.972 bits per heavy atom. The maximum absolute atomic E-state index is 13.5. The highest BCUT2D eigenvalue weighted by Gasteiger charge is 2.15. The summed E-state index contributed by atoms with van der Waals surface area (Å²) in [4.78, 5) is 0. The number of aromatic nitrogens is 1. The first kappa shape index (κ1) is 20.7. The van der Waals surface area contributed by atoms with E-state index in [0.717, 1.165) is 22.2 Å². The lowest BCUT2D eigenvalue weighted by atomic mass is 9.91. The number of para-hydroxylation sites is 2. The molecule has 1 aromatic heterocycles. The van der Waals surface area contributed by atoms with Crippen LogP contribution in [0.4, 0.5) is 4.39 Å². The second-order valence-electron chi connectivity index (χ2n) is 9.13. The first-order valence-corrected chi connectivity index (χ1v) is 12.1. The first-order chi connectivity index (χ1) is 17.8. The minimum absolute atomic E-state index is 0.220. The van der Waals surface area contributed by atoms with Gasteiger partial charge in [-0.15, -0.1) is 0 Å². The van der Waals surface area contributed by atoms with Crippen LogP contribution in [0.3, 0.4) is 0 Å². The molecule has 7 aromatic rings. The SMILES string of the molecule is Fc1ccc(-c2ccc(-c3ccc4c(c3)c3ccccc3n4-c3ccccc3)c3ccccc23)cc1. The minimum Gasteiger partial charge on any atom is -0.309 e. The zero-order valence-corrected chi connectivity index (χ0v) is 19.5. The molecule has 0 aliphatic carbocycles. The second-order valence-corrected chi connectivity index (χ2v) is 9.13. The van der Waals surface area contributed by atoms with E-state index < -0.39 is 0 Å². The summed E-state index contributed by atoms with van der Waals surface area (Å²) in [7, 11) is 0. The van der Waals surface area contributed by atoms with Crippen molar-refractivity contribution in [2.75, 3.05) is 0 Å². The molecule has 170 valence electrons. The summed E-state index contributed by atoms with van der Waals surface area (Å²) in [6, 6.07) is 45.5. The number of benzene rings is 6. The number of hydrogen-bond acceptors (Lipinski definition) is 0. The van der Waals surface area contributed by atoms with Crippen molar-refractivity contribution in [3.05, 3.63) is 139 Å². The van der Waals surface area contributed by atoms with E-state index in [2.05, 4.69) is 114 Å². The largest absolute Gasteiger partial charge is 0.309 e. The van der Waals surface area contributed by atoms with E-state index in [1.54, 1.807) is 0 Å². The van der Waals surface area contributed by atoms with E-state index in [-0.39, 0.29) is 5.82 Å². The third-order valence-corrected chi connectivity index (χ3v) is 7.08. The van der Waals surface area contributed by atoms with E-state index in [1.165, 1.54) is 50.5 Å². The molecule has 0 saturated heterocycles. The maximum Gasteiger partial charge on any atom is 0.123 e. The number of fused-ring (bicyclic) bond motifs is 4. The molecule has 0 aliphatic rings. The van der Waals surface area contributed by atoms with E-state index in [9.17, 15) is 4.39 Å². The van der Waals surface area contributed by atoms with Gasteiger partial charge in [0.25, 0.3) is 0 Å². The average Bonchev–Trinajstić information content (AvgIpc) is 3.27. The number of halogens is 1. The van der Waals surface area contributed by atoms with Gasteiger partial charge in [-0.1, -0.05) is 91.0 Å². The fourth-order valence-corrected chi connectivity index (χ4v) is 5.43. The molecule has 0 aliphatic heterocycles. The molecule has 0 unspecified atom stereocenters. The Bertz CT molecular complexity index is 1880. The molecule has 2 heteroatoms. The van der Waals surface area contributed by atoms with Gasteiger partial charge in [-0.05, 0) is 75.5 Å². The Morgan fingerprint density at radius 1 is 0.417 bits per heavy atom. The van der Waals surface area contributed by atoms with Gasteiger partial charge in [-0.25, -0.2) is 4.39 Å². The molecule has 36 heavy (non-hydrogen) atoms. The average molecular weight is 464 g/mol. The van der Waals surface area contributed by atoms with Gasteiger partial charge < -0.3 is 4.57 Å². The number of rotatable bonds is 3. The lowest BCUT2D eigenvalue weighted by Crippen LogP contribution is -1.93. The summed E-state index contributed by atoms with van der Waals surface area (Å²) in [6.45, 7) is 0. The molecule has 0 N–H and O–H groups in total. The van der Waals surface area contributed by atoms with E-state index in [0.29, 0.717) is 0 Å².